The Balaban J connectivity index is 2.39. The first kappa shape index (κ1) is 20.3. The van der Waals surface area contributed by atoms with Crippen molar-refractivity contribution in [3.8, 4) is 0 Å². The lowest BCUT2D eigenvalue weighted by atomic mass is 10.1. The van der Waals surface area contributed by atoms with Gasteiger partial charge in [0, 0.05) is 5.56 Å². The summed E-state index contributed by atoms with van der Waals surface area (Å²) in [6.07, 6.45) is -1.31. The Morgan fingerprint density at radius 2 is 1.96 bits per heavy atom. The van der Waals surface area contributed by atoms with Crippen molar-refractivity contribution >= 4 is 27.7 Å². The van der Waals surface area contributed by atoms with Gasteiger partial charge in [-0.2, -0.15) is 0 Å². The molecular formula is C18H19BrF2N2O3. The van der Waals surface area contributed by atoms with E-state index < -0.39 is 36.0 Å². The molecule has 1 aromatic carbocycles. The fourth-order valence-corrected chi connectivity index (χ4v) is 2.53. The summed E-state index contributed by atoms with van der Waals surface area (Å²) < 4.78 is 33.8. The SMILES string of the molecule is CC(C)(C)OC(=O)N(C[C@H](O)c1ccccc1F)c1cc(Br)ncc1F. The van der Waals surface area contributed by atoms with Crippen LogP contribution in [0.3, 0.4) is 0 Å². The molecule has 0 spiro atoms. The van der Waals surface area contributed by atoms with Crippen molar-refractivity contribution in [2.24, 2.45) is 0 Å². The van der Waals surface area contributed by atoms with Crippen LogP contribution in [0.5, 0.6) is 0 Å². The maximum absolute atomic E-state index is 14.3. The van der Waals surface area contributed by atoms with Crippen LogP contribution in [0.1, 0.15) is 32.4 Å². The van der Waals surface area contributed by atoms with E-state index in [0.29, 0.717) is 4.60 Å². The number of halogens is 3. The molecule has 1 aromatic heterocycles. The average Bonchev–Trinajstić information content (AvgIpc) is 2.53. The first-order valence-electron chi connectivity index (χ1n) is 7.82. The van der Waals surface area contributed by atoms with E-state index in [4.69, 9.17) is 4.74 Å². The molecular weight excluding hydrogens is 410 g/mol. The van der Waals surface area contributed by atoms with E-state index in [1.807, 2.05) is 0 Å². The van der Waals surface area contributed by atoms with Crippen LogP contribution < -0.4 is 4.90 Å². The van der Waals surface area contributed by atoms with Gasteiger partial charge in [0.15, 0.2) is 5.82 Å². The van der Waals surface area contributed by atoms with Crippen molar-refractivity contribution in [2.45, 2.75) is 32.5 Å². The molecule has 140 valence electrons. The molecule has 0 bridgehead atoms. The Labute approximate surface area is 158 Å². The van der Waals surface area contributed by atoms with E-state index in [9.17, 15) is 18.7 Å². The fraction of sp³-hybridized carbons (Fsp3) is 0.333. The highest BCUT2D eigenvalue weighted by Gasteiger charge is 2.29. The van der Waals surface area contributed by atoms with E-state index in [1.54, 1.807) is 26.8 Å². The van der Waals surface area contributed by atoms with Crippen molar-refractivity contribution in [2.75, 3.05) is 11.4 Å². The number of rotatable bonds is 4. The Morgan fingerprint density at radius 1 is 1.31 bits per heavy atom. The van der Waals surface area contributed by atoms with Crippen LogP contribution in [-0.4, -0.2) is 28.3 Å². The van der Waals surface area contributed by atoms with Crippen molar-refractivity contribution in [1.29, 1.82) is 0 Å². The average molecular weight is 429 g/mol. The third-order valence-electron chi connectivity index (χ3n) is 3.33. The summed E-state index contributed by atoms with van der Waals surface area (Å²) in [6.45, 7) is 4.59. The monoisotopic (exact) mass is 428 g/mol. The van der Waals surface area contributed by atoms with Gasteiger partial charge >= 0.3 is 6.09 Å². The van der Waals surface area contributed by atoms with Gasteiger partial charge in [0.1, 0.15) is 16.0 Å². The Morgan fingerprint density at radius 3 is 2.58 bits per heavy atom. The molecule has 0 unspecified atom stereocenters. The molecule has 1 N–H and O–H groups in total. The van der Waals surface area contributed by atoms with E-state index in [1.165, 1.54) is 24.3 Å². The van der Waals surface area contributed by atoms with E-state index >= 15 is 0 Å². The zero-order valence-corrected chi connectivity index (χ0v) is 16.1. The summed E-state index contributed by atoms with van der Waals surface area (Å²) in [5.74, 6) is -1.40. The second-order valence-corrected chi connectivity index (χ2v) is 7.40. The highest BCUT2D eigenvalue weighted by molar-refractivity contribution is 9.10. The minimum Gasteiger partial charge on any atom is -0.443 e. The molecule has 1 atom stereocenters. The summed E-state index contributed by atoms with van der Waals surface area (Å²) in [7, 11) is 0. The van der Waals surface area contributed by atoms with Crippen molar-refractivity contribution in [3.63, 3.8) is 0 Å². The molecule has 0 radical (unpaired) electrons. The highest BCUT2D eigenvalue weighted by Crippen LogP contribution is 2.27. The number of ether oxygens (including phenoxy) is 1. The highest BCUT2D eigenvalue weighted by atomic mass is 79.9. The van der Waals surface area contributed by atoms with Crippen LogP contribution in [0.4, 0.5) is 19.3 Å². The zero-order valence-electron chi connectivity index (χ0n) is 14.5. The summed E-state index contributed by atoms with van der Waals surface area (Å²) in [5, 5.41) is 10.4. The van der Waals surface area contributed by atoms with Gasteiger partial charge in [-0.25, -0.2) is 18.6 Å². The number of aliphatic hydroxyl groups is 1. The number of hydrogen-bond donors (Lipinski definition) is 1. The molecule has 0 aliphatic carbocycles. The predicted octanol–water partition coefficient (Wildman–Crippen LogP) is 4.60. The van der Waals surface area contributed by atoms with Gasteiger partial charge in [0.05, 0.1) is 24.5 Å². The van der Waals surface area contributed by atoms with Crippen LogP contribution in [-0.2, 0) is 4.74 Å². The molecule has 1 amide bonds. The van der Waals surface area contributed by atoms with Gasteiger partial charge in [0.2, 0.25) is 0 Å². The molecule has 1 heterocycles. The number of carbonyl (C=O) groups excluding carboxylic acids is 1. The number of pyridine rings is 1. The lowest BCUT2D eigenvalue weighted by Crippen LogP contribution is -2.40. The third-order valence-corrected chi connectivity index (χ3v) is 3.76. The number of benzene rings is 1. The standard InChI is InChI=1S/C18H19BrF2N2O3/c1-18(2,3)26-17(25)23(14-8-16(19)22-9-13(14)21)10-15(24)11-6-4-5-7-12(11)20/h4-9,15,24H,10H2,1-3H3/t15-/m0/s1. The van der Waals surface area contributed by atoms with E-state index in [2.05, 4.69) is 20.9 Å². The van der Waals surface area contributed by atoms with E-state index in [-0.39, 0.29) is 11.3 Å². The molecule has 0 saturated carbocycles. The van der Waals surface area contributed by atoms with Crippen LogP contribution in [0, 0.1) is 11.6 Å². The molecule has 26 heavy (non-hydrogen) atoms. The number of aromatic nitrogens is 1. The van der Waals surface area contributed by atoms with Crippen LogP contribution in [0.15, 0.2) is 41.1 Å². The van der Waals surface area contributed by atoms with Crippen molar-refractivity contribution in [1.82, 2.24) is 4.98 Å². The molecule has 0 saturated heterocycles. The van der Waals surface area contributed by atoms with Crippen LogP contribution >= 0.6 is 15.9 Å². The Hall–Kier alpha value is -2.06. The minimum atomic E-state index is -1.38. The summed E-state index contributed by atoms with van der Waals surface area (Å²) in [6, 6.07) is 6.92. The smallest absolute Gasteiger partial charge is 0.415 e. The molecule has 2 aromatic rings. The number of carbonyl (C=O) groups is 1. The number of aliphatic hydroxyl groups excluding tert-OH is 1. The number of anilines is 1. The fourth-order valence-electron chi connectivity index (χ4n) is 2.22. The van der Waals surface area contributed by atoms with Gasteiger partial charge in [-0.1, -0.05) is 18.2 Å². The Bertz CT molecular complexity index is 796. The first-order valence-corrected chi connectivity index (χ1v) is 8.62. The molecule has 0 aliphatic heterocycles. The van der Waals surface area contributed by atoms with Crippen molar-refractivity contribution in [3.05, 3.63) is 58.3 Å². The maximum Gasteiger partial charge on any atom is 0.415 e. The quantitative estimate of drug-likeness (QED) is 0.722. The number of hydrogen-bond acceptors (Lipinski definition) is 4. The molecule has 0 fully saturated rings. The second-order valence-electron chi connectivity index (χ2n) is 6.59. The van der Waals surface area contributed by atoms with Gasteiger partial charge in [-0.05, 0) is 48.8 Å². The van der Waals surface area contributed by atoms with Gasteiger partial charge < -0.3 is 9.84 Å². The Kier molecular flexibility index (Phi) is 6.30. The maximum atomic E-state index is 14.3. The number of nitrogens with zero attached hydrogens (tertiary/aromatic N) is 2. The van der Waals surface area contributed by atoms with E-state index in [0.717, 1.165) is 11.1 Å². The lowest BCUT2D eigenvalue weighted by Gasteiger charge is -2.29. The normalized spacial score (nSPS) is 12.6. The number of amides is 1. The van der Waals surface area contributed by atoms with Gasteiger partial charge in [-0.3, -0.25) is 4.90 Å². The first-order chi connectivity index (χ1) is 12.1. The zero-order chi connectivity index (χ0) is 19.5. The largest absolute Gasteiger partial charge is 0.443 e. The molecule has 2 rings (SSSR count). The summed E-state index contributed by atoms with van der Waals surface area (Å²) in [4.78, 5) is 17.2. The van der Waals surface area contributed by atoms with Crippen LogP contribution in [0.25, 0.3) is 0 Å². The summed E-state index contributed by atoms with van der Waals surface area (Å²) in [5.41, 5.74) is -0.981. The molecule has 0 aliphatic rings. The van der Waals surface area contributed by atoms with Gasteiger partial charge in [0.25, 0.3) is 0 Å². The molecule has 8 heteroatoms. The minimum absolute atomic E-state index is 0.00501. The van der Waals surface area contributed by atoms with Crippen LogP contribution in [0.2, 0.25) is 0 Å². The third kappa shape index (κ3) is 5.22. The topological polar surface area (TPSA) is 62.7 Å². The lowest BCUT2D eigenvalue weighted by molar-refractivity contribution is 0.0553. The van der Waals surface area contributed by atoms with Gasteiger partial charge in [-0.15, -0.1) is 0 Å². The molecule has 5 nitrogen and oxygen atoms in total. The second kappa shape index (κ2) is 8.09. The predicted molar refractivity (Wildman–Crippen MR) is 96.8 cm³/mol. The van der Waals surface area contributed by atoms with Crippen molar-refractivity contribution < 1.29 is 23.4 Å². The summed E-state index contributed by atoms with van der Waals surface area (Å²) >= 11 is 3.12.